The standard InChI is InChI=1S/C37H41FN2O3/c1-23(2)32-31(33(35(41)42)43-36(3,4)5)30(26-13-17-27(38)18-14-26)29-21-40(22-37(6,7)34(29)39-32)28-19-15-25(16-20-28)24-11-9-8-10-12-24/h8-20,23,33H,21-22H2,1-7H3,(H,41,42). The molecule has 0 radical (unpaired) electrons. The van der Waals surface area contributed by atoms with Gasteiger partial charge in [-0.05, 0) is 73.2 Å². The summed E-state index contributed by atoms with van der Waals surface area (Å²) in [6, 6.07) is 25.1. The maximum absolute atomic E-state index is 14.2. The van der Waals surface area contributed by atoms with Gasteiger partial charge in [-0.25, -0.2) is 9.18 Å². The van der Waals surface area contributed by atoms with Gasteiger partial charge in [0.05, 0.1) is 17.0 Å². The molecule has 0 aliphatic carbocycles. The third-order valence-corrected chi connectivity index (χ3v) is 7.92. The Morgan fingerprint density at radius 2 is 1.51 bits per heavy atom. The summed E-state index contributed by atoms with van der Waals surface area (Å²) < 4.78 is 20.4. The summed E-state index contributed by atoms with van der Waals surface area (Å²) in [6.07, 6.45) is -1.25. The van der Waals surface area contributed by atoms with Crippen LogP contribution in [0.5, 0.6) is 0 Å². The van der Waals surface area contributed by atoms with E-state index in [1.807, 2.05) is 52.8 Å². The van der Waals surface area contributed by atoms with Gasteiger partial charge in [0.25, 0.3) is 0 Å². The average Bonchev–Trinajstić information content (AvgIpc) is 2.95. The third-order valence-electron chi connectivity index (χ3n) is 7.92. The lowest BCUT2D eigenvalue weighted by molar-refractivity contribution is -0.160. The highest BCUT2D eigenvalue weighted by Gasteiger charge is 2.40. The molecular weight excluding hydrogens is 539 g/mol. The second-order valence-electron chi connectivity index (χ2n) is 13.4. The van der Waals surface area contributed by atoms with Crippen LogP contribution in [0.15, 0.2) is 78.9 Å². The molecule has 0 fully saturated rings. The molecule has 1 aliphatic rings. The van der Waals surface area contributed by atoms with Gasteiger partial charge in [-0.1, -0.05) is 82.3 Å². The number of aliphatic carboxylic acids is 1. The number of aromatic nitrogens is 1. The van der Waals surface area contributed by atoms with E-state index in [0.29, 0.717) is 17.8 Å². The van der Waals surface area contributed by atoms with Gasteiger partial charge in [-0.2, -0.15) is 0 Å². The van der Waals surface area contributed by atoms with Crippen LogP contribution >= 0.6 is 0 Å². The predicted molar refractivity (Wildman–Crippen MR) is 171 cm³/mol. The predicted octanol–water partition coefficient (Wildman–Crippen LogP) is 8.92. The molecule has 2 heterocycles. The van der Waals surface area contributed by atoms with E-state index in [-0.39, 0.29) is 17.2 Å². The number of nitrogens with zero attached hydrogens (tertiary/aromatic N) is 2. The summed E-state index contributed by atoms with van der Waals surface area (Å²) in [5.74, 6) is -1.49. The molecule has 0 bridgehead atoms. The number of carboxylic acid groups (broad SMARTS) is 1. The maximum atomic E-state index is 14.2. The Morgan fingerprint density at radius 1 is 0.930 bits per heavy atom. The molecule has 6 heteroatoms. The fourth-order valence-corrected chi connectivity index (χ4v) is 6.09. The van der Waals surface area contributed by atoms with Gasteiger partial charge in [0.1, 0.15) is 5.82 Å². The van der Waals surface area contributed by atoms with Crippen molar-refractivity contribution in [3.05, 3.63) is 107 Å². The Kier molecular flexibility index (Phi) is 8.19. The second kappa shape index (κ2) is 11.6. The maximum Gasteiger partial charge on any atom is 0.337 e. The van der Waals surface area contributed by atoms with Crippen molar-refractivity contribution in [2.24, 2.45) is 0 Å². The first-order valence-corrected chi connectivity index (χ1v) is 14.9. The van der Waals surface area contributed by atoms with Gasteiger partial charge in [-0.15, -0.1) is 0 Å². The normalized spacial score (nSPS) is 15.3. The van der Waals surface area contributed by atoms with Crippen LogP contribution in [0.2, 0.25) is 0 Å². The number of hydrogen-bond acceptors (Lipinski definition) is 4. The van der Waals surface area contributed by atoms with E-state index in [0.717, 1.165) is 45.7 Å². The molecule has 5 nitrogen and oxygen atoms in total. The fourth-order valence-electron chi connectivity index (χ4n) is 6.09. The third kappa shape index (κ3) is 6.35. The van der Waals surface area contributed by atoms with E-state index >= 15 is 0 Å². The van der Waals surface area contributed by atoms with E-state index < -0.39 is 17.7 Å². The van der Waals surface area contributed by atoms with Gasteiger partial charge in [0.15, 0.2) is 6.10 Å². The van der Waals surface area contributed by atoms with Gasteiger partial charge >= 0.3 is 5.97 Å². The van der Waals surface area contributed by atoms with Crippen LogP contribution < -0.4 is 4.90 Å². The van der Waals surface area contributed by atoms with Crippen molar-refractivity contribution in [1.82, 2.24) is 4.98 Å². The molecule has 224 valence electrons. The number of halogens is 1. The van der Waals surface area contributed by atoms with Crippen molar-refractivity contribution in [3.63, 3.8) is 0 Å². The molecule has 4 aromatic rings. The molecule has 3 aromatic carbocycles. The summed E-state index contributed by atoms with van der Waals surface area (Å²) in [7, 11) is 0. The fraction of sp³-hybridized carbons (Fsp3) is 0.351. The molecule has 0 amide bonds. The molecule has 1 N–H and O–H groups in total. The highest BCUT2D eigenvalue weighted by atomic mass is 19.1. The van der Waals surface area contributed by atoms with Crippen molar-refractivity contribution >= 4 is 11.7 Å². The van der Waals surface area contributed by atoms with Gasteiger partial charge in [-0.3, -0.25) is 4.98 Å². The quantitative estimate of drug-likeness (QED) is 0.236. The van der Waals surface area contributed by atoms with Crippen LogP contribution in [0.1, 0.15) is 83.0 Å². The minimum Gasteiger partial charge on any atom is -0.479 e. The van der Waals surface area contributed by atoms with Crippen LogP contribution in [-0.2, 0) is 21.5 Å². The van der Waals surface area contributed by atoms with Crippen molar-refractivity contribution in [3.8, 4) is 22.3 Å². The Labute approximate surface area is 254 Å². The number of fused-ring (bicyclic) bond motifs is 1. The molecule has 5 rings (SSSR count). The number of anilines is 1. The van der Waals surface area contributed by atoms with Crippen LogP contribution in [0.4, 0.5) is 10.1 Å². The molecule has 0 saturated carbocycles. The molecule has 43 heavy (non-hydrogen) atoms. The summed E-state index contributed by atoms with van der Waals surface area (Å²) in [6.45, 7) is 15.2. The zero-order valence-corrected chi connectivity index (χ0v) is 26.1. The number of carbonyl (C=O) groups is 1. The lowest BCUT2D eigenvalue weighted by Crippen LogP contribution is -2.44. The first-order valence-electron chi connectivity index (χ1n) is 14.9. The zero-order valence-electron chi connectivity index (χ0n) is 26.1. The van der Waals surface area contributed by atoms with E-state index in [2.05, 4.69) is 55.1 Å². The molecule has 0 saturated heterocycles. The van der Waals surface area contributed by atoms with Crippen molar-refractivity contribution < 1.29 is 19.0 Å². The molecule has 1 aliphatic heterocycles. The zero-order chi connectivity index (χ0) is 31.1. The van der Waals surface area contributed by atoms with E-state index in [4.69, 9.17) is 9.72 Å². The number of rotatable bonds is 7. The monoisotopic (exact) mass is 580 g/mol. The average molecular weight is 581 g/mol. The molecule has 1 aromatic heterocycles. The number of hydrogen-bond donors (Lipinski definition) is 1. The van der Waals surface area contributed by atoms with E-state index in [1.165, 1.54) is 12.1 Å². The van der Waals surface area contributed by atoms with Crippen LogP contribution in [0.3, 0.4) is 0 Å². The number of benzene rings is 3. The molecule has 0 spiro atoms. The molecular formula is C37H41FN2O3. The highest BCUT2D eigenvalue weighted by molar-refractivity contribution is 5.83. The Bertz CT molecular complexity index is 1610. The van der Waals surface area contributed by atoms with E-state index in [9.17, 15) is 14.3 Å². The van der Waals surface area contributed by atoms with Crippen molar-refractivity contribution in [2.75, 3.05) is 11.4 Å². The van der Waals surface area contributed by atoms with Crippen LogP contribution in [0.25, 0.3) is 22.3 Å². The molecule has 1 atom stereocenters. The van der Waals surface area contributed by atoms with Gasteiger partial charge in [0, 0.05) is 35.3 Å². The Morgan fingerprint density at radius 3 is 2.07 bits per heavy atom. The lowest BCUT2D eigenvalue weighted by atomic mass is 9.76. The molecule has 1 unspecified atom stereocenters. The van der Waals surface area contributed by atoms with Crippen molar-refractivity contribution in [1.29, 1.82) is 0 Å². The minimum atomic E-state index is -1.25. The largest absolute Gasteiger partial charge is 0.479 e. The number of carboxylic acids is 1. The summed E-state index contributed by atoms with van der Waals surface area (Å²) in [5, 5.41) is 10.5. The summed E-state index contributed by atoms with van der Waals surface area (Å²) in [5.41, 5.74) is 6.93. The van der Waals surface area contributed by atoms with Crippen LogP contribution in [0, 0.1) is 5.82 Å². The summed E-state index contributed by atoms with van der Waals surface area (Å²) in [4.78, 5) is 20.5. The van der Waals surface area contributed by atoms with E-state index in [1.54, 1.807) is 12.1 Å². The van der Waals surface area contributed by atoms with Crippen molar-refractivity contribution in [2.45, 2.75) is 78.0 Å². The van der Waals surface area contributed by atoms with Crippen LogP contribution in [-0.4, -0.2) is 28.2 Å². The first kappa shape index (κ1) is 30.4. The number of ether oxygens (including phenoxy) is 1. The highest BCUT2D eigenvalue weighted by Crippen LogP contribution is 2.46. The lowest BCUT2D eigenvalue weighted by Gasteiger charge is -2.43. The summed E-state index contributed by atoms with van der Waals surface area (Å²) >= 11 is 0. The minimum absolute atomic E-state index is 0.0655. The Balaban J connectivity index is 1.73. The van der Waals surface area contributed by atoms with Gasteiger partial charge in [0.2, 0.25) is 0 Å². The smallest absolute Gasteiger partial charge is 0.337 e. The topological polar surface area (TPSA) is 62.7 Å². The first-order chi connectivity index (χ1) is 20.2. The number of pyridine rings is 1. The Hall–Kier alpha value is -4.03. The second-order valence-corrected chi connectivity index (χ2v) is 13.4. The SMILES string of the molecule is CC(C)c1nc2c(c(-c3ccc(F)cc3)c1C(OC(C)(C)C)C(=O)O)CN(c1ccc(-c3ccccc3)cc1)CC2(C)C. The van der Waals surface area contributed by atoms with Gasteiger partial charge < -0.3 is 14.7 Å².